The van der Waals surface area contributed by atoms with Crippen LogP contribution < -0.4 is 10.6 Å². The van der Waals surface area contributed by atoms with Crippen LogP contribution in [0.4, 0.5) is 5.69 Å². The molecular formula is C14H21ClN2. The van der Waals surface area contributed by atoms with Crippen LogP contribution in [0.25, 0.3) is 0 Å². The summed E-state index contributed by atoms with van der Waals surface area (Å²) in [6.07, 6.45) is 5.00. The lowest BCUT2D eigenvalue weighted by atomic mass is 9.85. The van der Waals surface area contributed by atoms with Gasteiger partial charge in [0.25, 0.3) is 0 Å². The lowest BCUT2D eigenvalue weighted by Crippen LogP contribution is -2.30. The molecule has 94 valence electrons. The smallest absolute Gasteiger partial charge is 0.0642 e. The Morgan fingerprint density at radius 1 is 1.41 bits per heavy atom. The highest BCUT2D eigenvalue weighted by Crippen LogP contribution is 2.33. The first-order chi connectivity index (χ1) is 8.22. The fourth-order valence-electron chi connectivity index (χ4n) is 2.50. The maximum atomic E-state index is 6.32. The minimum atomic E-state index is 0.671. The molecule has 0 saturated heterocycles. The van der Waals surface area contributed by atoms with Gasteiger partial charge in [-0.3, -0.25) is 0 Å². The molecule has 1 saturated carbocycles. The number of para-hydroxylation sites is 1. The van der Waals surface area contributed by atoms with Gasteiger partial charge < -0.3 is 10.6 Å². The lowest BCUT2D eigenvalue weighted by Gasteiger charge is -2.32. The van der Waals surface area contributed by atoms with E-state index in [-0.39, 0.29) is 0 Å². The molecule has 0 amide bonds. The van der Waals surface area contributed by atoms with Gasteiger partial charge in [-0.15, -0.1) is 0 Å². The Balaban J connectivity index is 2.15. The molecule has 0 atom stereocenters. The van der Waals surface area contributed by atoms with Gasteiger partial charge in [-0.2, -0.15) is 0 Å². The summed E-state index contributed by atoms with van der Waals surface area (Å²) >= 11 is 6.32. The summed E-state index contributed by atoms with van der Waals surface area (Å²) in [5.74, 6) is 0.849. The van der Waals surface area contributed by atoms with Gasteiger partial charge in [0.1, 0.15) is 0 Å². The van der Waals surface area contributed by atoms with Gasteiger partial charge >= 0.3 is 0 Å². The Bertz CT molecular complexity index is 374. The summed E-state index contributed by atoms with van der Waals surface area (Å²) in [6.45, 7) is 1.78. The molecule has 17 heavy (non-hydrogen) atoms. The van der Waals surface area contributed by atoms with E-state index in [0.29, 0.717) is 6.54 Å². The molecule has 1 aliphatic rings. The molecule has 1 aromatic rings. The van der Waals surface area contributed by atoms with E-state index < -0.39 is 0 Å². The largest absolute Gasteiger partial charge is 0.373 e. The van der Waals surface area contributed by atoms with Gasteiger partial charge in [-0.05, 0) is 43.4 Å². The Labute approximate surface area is 109 Å². The minimum Gasteiger partial charge on any atom is -0.373 e. The zero-order valence-corrected chi connectivity index (χ0v) is 11.2. The third kappa shape index (κ3) is 2.93. The van der Waals surface area contributed by atoms with Crippen molar-refractivity contribution in [3.05, 3.63) is 28.8 Å². The summed E-state index contributed by atoms with van der Waals surface area (Å²) in [5, 5.41) is 0.845. The predicted molar refractivity (Wildman–Crippen MR) is 74.8 cm³/mol. The third-order valence-corrected chi connectivity index (χ3v) is 3.93. The molecule has 2 N–H and O–H groups in total. The number of halogens is 1. The maximum absolute atomic E-state index is 6.32. The van der Waals surface area contributed by atoms with Crippen LogP contribution in [0.1, 0.15) is 24.8 Å². The highest BCUT2D eigenvalue weighted by molar-refractivity contribution is 6.33. The van der Waals surface area contributed by atoms with Crippen LogP contribution in [0.3, 0.4) is 0 Å². The van der Waals surface area contributed by atoms with E-state index in [2.05, 4.69) is 18.0 Å². The molecule has 0 bridgehead atoms. The number of hydrogen-bond acceptors (Lipinski definition) is 2. The van der Waals surface area contributed by atoms with Gasteiger partial charge in [-0.25, -0.2) is 0 Å². The van der Waals surface area contributed by atoms with Crippen LogP contribution in [0, 0.1) is 5.92 Å². The van der Waals surface area contributed by atoms with E-state index in [1.54, 1.807) is 0 Å². The molecule has 2 nitrogen and oxygen atoms in total. The fraction of sp³-hybridized carbons (Fsp3) is 0.571. The fourth-order valence-corrected chi connectivity index (χ4v) is 2.84. The molecule has 0 aromatic heterocycles. The molecule has 1 fully saturated rings. The lowest BCUT2D eigenvalue weighted by molar-refractivity contribution is 0.321. The molecule has 0 aliphatic heterocycles. The zero-order valence-electron chi connectivity index (χ0n) is 10.5. The van der Waals surface area contributed by atoms with Crippen LogP contribution in [0.5, 0.6) is 0 Å². The molecule has 0 radical (unpaired) electrons. The standard InChI is InChI=1S/C14H21ClN2/c1-17(10-11-4-2-5-11)14-12(8-9-16)6-3-7-13(14)15/h3,6-7,11H,2,4-5,8-10,16H2,1H3. The first-order valence-corrected chi connectivity index (χ1v) is 6.78. The van der Waals surface area contributed by atoms with Gasteiger partial charge in [0.2, 0.25) is 0 Å². The summed E-state index contributed by atoms with van der Waals surface area (Å²) in [4.78, 5) is 2.30. The number of nitrogens with two attached hydrogens (primary N) is 1. The van der Waals surface area contributed by atoms with Gasteiger partial charge in [0.15, 0.2) is 0 Å². The number of benzene rings is 1. The van der Waals surface area contributed by atoms with E-state index in [1.807, 2.05) is 12.1 Å². The van der Waals surface area contributed by atoms with Crippen molar-refractivity contribution in [3.8, 4) is 0 Å². The van der Waals surface area contributed by atoms with Crippen molar-refractivity contribution < 1.29 is 0 Å². The summed E-state index contributed by atoms with van der Waals surface area (Å²) in [7, 11) is 2.14. The average molecular weight is 253 g/mol. The Kier molecular flexibility index (Phi) is 4.30. The van der Waals surface area contributed by atoms with Crippen molar-refractivity contribution >= 4 is 17.3 Å². The van der Waals surface area contributed by atoms with E-state index in [9.17, 15) is 0 Å². The first kappa shape index (κ1) is 12.7. The van der Waals surface area contributed by atoms with E-state index >= 15 is 0 Å². The molecule has 3 heteroatoms. The topological polar surface area (TPSA) is 29.3 Å². The summed E-state index contributed by atoms with van der Waals surface area (Å²) in [5.41, 5.74) is 8.09. The second kappa shape index (κ2) is 5.74. The summed E-state index contributed by atoms with van der Waals surface area (Å²) < 4.78 is 0. The quantitative estimate of drug-likeness (QED) is 0.873. The van der Waals surface area contributed by atoms with Crippen LogP contribution >= 0.6 is 11.6 Å². The van der Waals surface area contributed by atoms with Gasteiger partial charge in [0.05, 0.1) is 10.7 Å². The Morgan fingerprint density at radius 2 is 2.18 bits per heavy atom. The predicted octanol–water partition coefficient (Wildman–Crippen LogP) is 3.08. The van der Waals surface area contributed by atoms with Crippen LogP contribution in [0.15, 0.2) is 18.2 Å². The SMILES string of the molecule is CN(CC1CCC1)c1c(Cl)cccc1CCN. The average Bonchev–Trinajstić information content (AvgIpc) is 2.24. The minimum absolute atomic E-state index is 0.671. The highest BCUT2D eigenvalue weighted by atomic mass is 35.5. The first-order valence-electron chi connectivity index (χ1n) is 6.41. The second-order valence-corrected chi connectivity index (χ2v) is 5.37. The van der Waals surface area contributed by atoms with E-state index in [1.165, 1.54) is 30.5 Å². The molecule has 0 spiro atoms. The molecule has 1 aromatic carbocycles. The van der Waals surface area contributed by atoms with Crippen LogP contribution in [-0.2, 0) is 6.42 Å². The van der Waals surface area contributed by atoms with E-state index in [4.69, 9.17) is 17.3 Å². The monoisotopic (exact) mass is 252 g/mol. The molecule has 1 aliphatic carbocycles. The number of rotatable bonds is 5. The van der Waals surface area contributed by atoms with Crippen molar-refractivity contribution in [1.82, 2.24) is 0 Å². The maximum Gasteiger partial charge on any atom is 0.0642 e. The third-order valence-electron chi connectivity index (χ3n) is 3.62. The normalized spacial score (nSPS) is 15.7. The van der Waals surface area contributed by atoms with Crippen molar-refractivity contribution in [3.63, 3.8) is 0 Å². The second-order valence-electron chi connectivity index (χ2n) is 4.96. The van der Waals surface area contributed by atoms with Crippen molar-refractivity contribution in [2.75, 3.05) is 25.0 Å². The van der Waals surface area contributed by atoms with Gasteiger partial charge in [0, 0.05) is 13.6 Å². The Hall–Kier alpha value is -0.730. The van der Waals surface area contributed by atoms with Crippen LogP contribution in [0.2, 0.25) is 5.02 Å². The molecule has 0 unspecified atom stereocenters. The molecule has 0 heterocycles. The Morgan fingerprint density at radius 3 is 2.76 bits per heavy atom. The zero-order chi connectivity index (χ0) is 12.3. The number of hydrogen-bond donors (Lipinski definition) is 1. The van der Waals surface area contributed by atoms with Crippen molar-refractivity contribution in [2.45, 2.75) is 25.7 Å². The number of anilines is 1. The van der Waals surface area contributed by atoms with E-state index in [0.717, 1.165) is 23.9 Å². The molecule has 2 rings (SSSR count). The van der Waals surface area contributed by atoms with Crippen molar-refractivity contribution in [1.29, 1.82) is 0 Å². The van der Waals surface area contributed by atoms with Gasteiger partial charge in [-0.1, -0.05) is 30.2 Å². The summed E-state index contributed by atoms with van der Waals surface area (Å²) in [6, 6.07) is 6.10. The van der Waals surface area contributed by atoms with Crippen LogP contribution in [-0.4, -0.2) is 20.1 Å². The number of nitrogens with zero attached hydrogens (tertiary/aromatic N) is 1. The highest BCUT2D eigenvalue weighted by Gasteiger charge is 2.21. The molecular weight excluding hydrogens is 232 g/mol. The van der Waals surface area contributed by atoms with Crippen molar-refractivity contribution in [2.24, 2.45) is 11.7 Å².